The highest BCUT2D eigenvalue weighted by Gasteiger charge is 2.43. The molecule has 4 heteroatoms. The van der Waals surface area contributed by atoms with Crippen molar-refractivity contribution in [2.24, 2.45) is 11.7 Å². The second-order valence-electron chi connectivity index (χ2n) is 4.71. The lowest BCUT2D eigenvalue weighted by atomic mass is 9.96. The molecule has 1 aliphatic carbocycles. The van der Waals surface area contributed by atoms with Crippen LogP contribution in [-0.2, 0) is 5.54 Å². The molecule has 1 saturated carbocycles. The van der Waals surface area contributed by atoms with Gasteiger partial charge >= 0.3 is 0 Å². The average Bonchev–Trinajstić information content (AvgIpc) is 2.82. The molecule has 1 aromatic rings. The first-order valence-corrected chi connectivity index (χ1v) is 5.22. The van der Waals surface area contributed by atoms with Crippen LogP contribution in [0.1, 0.15) is 45.5 Å². The summed E-state index contributed by atoms with van der Waals surface area (Å²) in [7, 11) is 0. The lowest BCUT2D eigenvalue weighted by Gasteiger charge is -2.25. The molecule has 1 atom stereocenters. The van der Waals surface area contributed by atoms with Gasteiger partial charge in [0, 0.05) is 6.04 Å². The van der Waals surface area contributed by atoms with E-state index < -0.39 is 0 Å². The molecule has 2 rings (SSSR count). The summed E-state index contributed by atoms with van der Waals surface area (Å²) in [6.07, 6.45) is 4.21. The van der Waals surface area contributed by atoms with Crippen LogP contribution in [0.4, 0.5) is 0 Å². The monoisotopic (exact) mass is 194 g/mol. The number of nitrogens with zero attached hydrogens (tertiary/aromatic N) is 3. The molecule has 0 saturated heterocycles. The van der Waals surface area contributed by atoms with Gasteiger partial charge in [-0.2, -0.15) is 0 Å². The van der Waals surface area contributed by atoms with Crippen molar-refractivity contribution in [3.8, 4) is 0 Å². The number of hydrogen-bond acceptors (Lipinski definition) is 3. The molecule has 0 bridgehead atoms. The van der Waals surface area contributed by atoms with E-state index in [4.69, 9.17) is 5.73 Å². The second-order valence-corrected chi connectivity index (χ2v) is 4.71. The number of aromatic nitrogens is 3. The van der Waals surface area contributed by atoms with E-state index in [-0.39, 0.29) is 5.54 Å². The minimum absolute atomic E-state index is 0.305. The number of rotatable bonds is 3. The van der Waals surface area contributed by atoms with Crippen molar-refractivity contribution in [1.29, 1.82) is 0 Å². The van der Waals surface area contributed by atoms with Gasteiger partial charge in [0.1, 0.15) is 6.33 Å². The zero-order chi connectivity index (χ0) is 10.3. The first-order valence-electron chi connectivity index (χ1n) is 5.22. The zero-order valence-corrected chi connectivity index (χ0v) is 9.07. The van der Waals surface area contributed by atoms with E-state index >= 15 is 0 Å². The van der Waals surface area contributed by atoms with Crippen molar-refractivity contribution in [1.82, 2.24) is 14.8 Å². The third-order valence-electron chi connectivity index (χ3n) is 3.04. The molecule has 1 aromatic heterocycles. The predicted octanol–water partition coefficient (Wildman–Crippen LogP) is 1.44. The third-order valence-corrected chi connectivity index (χ3v) is 3.04. The summed E-state index contributed by atoms with van der Waals surface area (Å²) >= 11 is 0. The molecule has 0 radical (unpaired) electrons. The van der Waals surface area contributed by atoms with Crippen LogP contribution in [0.15, 0.2) is 6.33 Å². The molecule has 1 unspecified atom stereocenters. The highest BCUT2D eigenvalue weighted by atomic mass is 15.3. The maximum absolute atomic E-state index is 6.30. The van der Waals surface area contributed by atoms with Gasteiger partial charge in [0.2, 0.25) is 0 Å². The fraction of sp³-hybridized carbons (Fsp3) is 0.800. The fourth-order valence-electron chi connectivity index (χ4n) is 1.87. The van der Waals surface area contributed by atoms with Crippen LogP contribution in [0.25, 0.3) is 0 Å². The van der Waals surface area contributed by atoms with Gasteiger partial charge in [-0.25, -0.2) is 0 Å². The van der Waals surface area contributed by atoms with Crippen LogP contribution in [0.3, 0.4) is 0 Å². The summed E-state index contributed by atoms with van der Waals surface area (Å²) < 4.78 is 2.07. The zero-order valence-electron chi connectivity index (χ0n) is 9.07. The standard InChI is InChI=1S/C10H18N4/c1-7(2)14-6-12-13-9(14)10(3,11)8-4-5-8/h6-8H,4-5,11H2,1-3H3. The summed E-state index contributed by atoms with van der Waals surface area (Å²) in [5.74, 6) is 1.51. The van der Waals surface area contributed by atoms with Crippen molar-refractivity contribution in [3.05, 3.63) is 12.2 Å². The molecule has 14 heavy (non-hydrogen) atoms. The summed E-state index contributed by atoms with van der Waals surface area (Å²) in [4.78, 5) is 0. The summed E-state index contributed by atoms with van der Waals surface area (Å²) in [6.45, 7) is 6.30. The fourth-order valence-corrected chi connectivity index (χ4v) is 1.87. The van der Waals surface area contributed by atoms with Crippen molar-refractivity contribution in [2.75, 3.05) is 0 Å². The first kappa shape index (κ1) is 9.65. The molecule has 78 valence electrons. The topological polar surface area (TPSA) is 56.7 Å². The van der Waals surface area contributed by atoms with E-state index in [0.29, 0.717) is 12.0 Å². The van der Waals surface area contributed by atoms with Gasteiger partial charge in [0.15, 0.2) is 5.82 Å². The van der Waals surface area contributed by atoms with Crippen LogP contribution in [0, 0.1) is 5.92 Å². The van der Waals surface area contributed by atoms with E-state index in [2.05, 4.69) is 35.5 Å². The van der Waals surface area contributed by atoms with E-state index in [1.54, 1.807) is 6.33 Å². The van der Waals surface area contributed by atoms with E-state index in [9.17, 15) is 0 Å². The Hall–Kier alpha value is -0.900. The van der Waals surface area contributed by atoms with Crippen molar-refractivity contribution >= 4 is 0 Å². The second kappa shape index (κ2) is 3.05. The summed E-state index contributed by atoms with van der Waals surface area (Å²) in [5.41, 5.74) is 6.00. The molecular weight excluding hydrogens is 176 g/mol. The lowest BCUT2D eigenvalue weighted by Crippen LogP contribution is -2.38. The smallest absolute Gasteiger partial charge is 0.153 e. The third kappa shape index (κ3) is 1.43. The van der Waals surface area contributed by atoms with E-state index in [1.807, 2.05) is 0 Å². The Balaban J connectivity index is 2.34. The van der Waals surface area contributed by atoms with Gasteiger partial charge in [-0.05, 0) is 39.5 Å². The Labute approximate surface area is 84.5 Å². The largest absolute Gasteiger partial charge is 0.319 e. The average molecular weight is 194 g/mol. The quantitative estimate of drug-likeness (QED) is 0.792. The molecule has 0 spiro atoms. The Morgan fingerprint density at radius 1 is 1.57 bits per heavy atom. The normalized spacial score (nSPS) is 21.2. The minimum Gasteiger partial charge on any atom is -0.319 e. The van der Waals surface area contributed by atoms with Gasteiger partial charge in [0.25, 0.3) is 0 Å². The van der Waals surface area contributed by atoms with Crippen molar-refractivity contribution < 1.29 is 0 Å². The van der Waals surface area contributed by atoms with E-state index in [1.165, 1.54) is 12.8 Å². The molecule has 4 nitrogen and oxygen atoms in total. The molecule has 2 N–H and O–H groups in total. The molecule has 1 heterocycles. The Kier molecular flexibility index (Phi) is 2.10. The minimum atomic E-state index is -0.305. The summed E-state index contributed by atoms with van der Waals surface area (Å²) in [6, 6.07) is 0.377. The molecule has 1 fully saturated rings. The number of nitrogens with two attached hydrogens (primary N) is 1. The van der Waals surface area contributed by atoms with Crippen LogP contribution in [0.2, 0.25) is 0 Å². The Morgan fingerprint density at radius 2 is 2.21 bits per heavy atom. The highest BCUT2D eigenvalue weighted by Crippen LogP contribution is 2.43. The van der Waals surface area contributed by atoms with Gasteiger partial charge in [0.05, 0.1) is 5.54 Å². The first-order chi connectivity index (χ1) is 6.53. The Morgan fingerprint density at radius 3 is 2.71 bits per heavy atom. The summed E-state index contributed by atoms with van der Waals surface area (Å²) in [5, 5.41) is 8.11. The van der Waals surface area contributed by atoms with Crippen LogP contribution < -0.4 is 5.73 Å². The molecular formula is C10H18N4. The molecule has 0 aromatic carbocycles. The Bertz CT molecular complexity index is 323. The van der Waals surface area contributed by atoms with Gasteiger partial charge < -0.3 is 10.3 Å². The molecule has 1 aliphatic rings. The van der Waals surface area contributed by atoms with Gasteiger partial charge in [-0.3, -0.25) is 0 Å². The SMILES string of the molecule is CC(C)n1cnnc1C(C)(N)C1CC1. The van der Waals surface area contributed by atoms with Crippen LogP contribution in [0.5, 0.6) is 0 Å². The number of hydrogen-bond donors (Lipinski definition) is 1. The van der Waals surface area contributed by atoms with Crippen molar-refractivity contribution in [3.63, 3.8) is 0 Å². The maximum atomic E-state index is 6.30. The van der Waals surface area contributed by atoms with Gasteiger partial charge in [-0.15, -0.1) is 10.2 Å². The molecule has 0 amide bonds. The van der Waals surface area contributed by atoms with Crippen LogP contribution >= 0.6 is 0 Å². The van der Waals surface area contributed by atoms with Crippen molar-refractivity contribution in [2.45, 2.75) is 45.2 Å². The maximum Gasteiger partial charge on any atom is 0.153 e. The lowest BCUT2D eigenvalue weighted by molar-refractivity contribution is 0.369. The highest BCUT2D eigenvalue weighted by molar-refractivity contribution is 5.10. The molecule has 0 aliphatic heterocycles. The van der Waals surface area contributed by atoms with Crippen LogP contribution in [-0.4, -0.2) is 14.8 Å². The predicted molar refractivity (Wildman–Crippen MR) is 54.7 cm³/mol. The van der Waals surface area contributed by atoms with Gasteiger partial charge in [-0.1, -0.05) is 0 Å². The van der Waals surface area contributed by atoms with E-state index in [0.717, 1.165) is 5.82 Å².